The largest absolute Gasteiger partial charge is 0.231 e. The lowest BCUT2D eigenvalue weighted by atomic mass is 10.2. The molecule has 0 aliphatic rings. The van der Waals surface area contributed by atoms with Gasteiger partial charge in [-0.25, -0.2) is 9.97 Å². The summed E-state index contributed by atoms with van der Waals surface area (Å²) in [5.74, 6) is 0. The molecule has 0 aliphatic carbocycles. The summed E-state index contributed by atoms with van der Waals surface area (Å²) in [6, 6.07) is 0. The zero-order valence-electron chi connectivity index (χ0n) is 6.62. The Hall–Kier alpha value is -0.570. The van der Waals surface area contributed by atoms with Crippen LogP contribution in [0.15, 0.2) is 17.6 Å². The van der Waals surface area contributed by atoms with Crippen molar-refractivity contribution in [2.75, 3.05) is 0 Å². The first-order valence-electron chi connectivity index (χ1n) is 3.83. The predicted octanol–water partition coefficient (Wildman–Crippen LogP) is 2.11. The molecule has 0 saturated heterocycles. The molecule has 0 bridgehead atoms. The molecule has 0 fully saturated rings. The van der Waals surface area contributed by atoms with Crippen LogP contribution < -0.4 is 0 Å². The van der Waals surface area contributed by atoms with Crippen molar-refractivity contribution < 1.29 is 0 Å². The van der Waals surface area contributed by atoms with E-state index in [1.54, 1.807) is 0 Å². The van der Waals surface area contributed by atoms with Crippen LogP contribution in [0.5, 0.6) is 0 Å². The van der Waals surface area contributed by atoms with Gasteiger partial charge in [0.15, 0.2) is 5.16 Å². The summed E-state index contributed by atoms with van der Waals surface area (Å²) in [7, 11) is 0. The van der Waals surface area contributed by atoms with E-state index in [4.69, 9.17) is 0 Å². The van der Waals surface area contributed by atoms with Crippen molar-refractivity contribution >= 4 is 12.6 Å². The van der Waals surface area contributed by atoms with Crippen molar-refractivity contribution in [3.63, 3.8) is 0 Å². The molecule has 2 nitrogen and oxygen atoms in total. The fourth-order valence-electron chi connectivity index (χ4n) is 0.858. The number of aryl methyl sites for hydroxylation is 1. The smallest absolute Gasteiger partial charge is 0.184 e. The fraction of sp³-hybridized carbons (Fsp3) is 0.500. The second-order valence-electron chi connectivity index (χ2n) is 2.49. The van der Waals surface area contributed by atoms with Crippen molar-refractivity contribution in [3.05, 3.63) is 18.0 Å². The second-order valence-corrected chi connectivity index (χ2v) is 2.89. The van der Waals surface area contributed by atoms with E-state index in [1.165, 1.54) is 18.4 Å². The normalized spacial score (nSPS) is 10.0. The molecule has 1 aromatic rings. The third-order valence-electron chi connectivity index (χ3n) is 1.51. The SMILES string of the molecule is CCCCc1cnc(S)nc1. The van der Waals surface area contributed by atoms with E-state index in [0.717, 1.165) is 6.42 Å². The second kappa shape index (κ2) is 4.34. The molecule has 60 valence electrons. The summed E-state index contributed by atoms with van der Waals surface area (Å²) in [5, 5.41) is 0.547. The lowest BCUT2D eigenvalue weighted by Crippen LogP contribution is -1.89. The Kier molecular flexibility index (Phi) is 3.36. The minimum absolute atomic E-state index is 0.547. The Morgan fingerprint density at radius 3 is 2.55 bits per heavy atom. The van der Waals surface area contributed by atoms with Crippen LogP contribution in [-0.4, -0.2) is 9.97 Å². The lowest BCUT2D eigenvalue weighted by Gasteiger charge is -1.97. The molecule has 0 spiro atoms. The van der Waals surface area contributed by atoms with E-state index >= 15 is 0 Å². The van der Waals surface area contributed by atoms with Gasteiger partial charge in [0.05, 0.1) is 0 Å². The van der Waals surface area contributed by atoms with Crippen LogP contribution in [0.25, 0.3) is 0 Å². The Bertz CT molecular complexity index is 208. The molecule has 1 rings (SSSR count). The highest BCUT2D eigenvalue weighted by molar-refractivity contribution is 7.80. The topological polar surface area (TPSA) is 25.8 Å². The Morgan fingerprint density at radius 1 is 1.36 bits per heavy atom. The lowest BCUT2D eigenvalue weighted by molar-refractivity contribution is 0.780. The minimum atomic E-state index is 0.547. The number of unbranched alkanes of at least 4 members (excludes halogenated alkanes) is 1. The fourth-order valence-corrected chi connectivity index (χ4v) is 0.973. The van der Waals surface area contributed by atoms with Crippen LogP contribution in [-0.2, 0) is 6.42 Å². The number of nitrogens with zero attached hydrogens (tertiary/aromatic N) is 2. The Morgan fingerprint density at radius 2 is 2.00 bits per heavy atom. The molecule has 0 unspecified atom stereocenters. The number of hydrogen-bond donors (Lipinski definition) is 1. The van der Waals surface area contributed by atoms with Gasteiger partial charge in [-0.05, 0) is 18.4 Å². The van der Waals surface area contributed by atoms with Crippen molar-refractivity contribution in [1.29, 1.82) is 0 Å². The molecule has 0 atom stereocenters. The molecule has 1 heterocycles. The summed E-state index contributed by atoms with van der Waals surface area (Å²) < 4.78 is 0. The van der Waals surface area contributed by atoms with Gasteiger partial charge in [0.2, 0.25) is 0 Å². The van der Waals surface area contributed by atoms with Crippen LogP contribution in [0.4, 0.5) is 0 Å². The summed E-state index contributed by atoms with van der Waals surface area (Å²) in [4.78, 5) is 7.97. The van der Waals surface area contributed by atoms with Crippen LogP contribution in [0, 0.1) is 0 Å². The molecule has 11 heavy (non-hydrogen) atoms. The number of rotatable bonds is 3. The van der Waals surface area contributed by atoms with Crippen molar-refractivity contribution in [2.45, 2.75) is 31.3 Å². The molecule has 0 N–H and O–H groups in total. The monoisotopic (exact) mass is 168 g/mol. The average molecular weight is 168 g/mol. The quantitative estimate of drug-likeness (QED) is 0.552. The first-order valence-corrected chi connectivity index (χ1v) is 4.27. The van der Waals surface area contributed by atoms with Gasteiger partial charge in [-0.2, -0.15) is 0 Å². The molecular weight excluding hydrogens is 156 g/mol. The van der Waals surface area contributed by atoms with Gasteiger partial charge < -0.3 is 0 Å². The van der Waals surface area contributed by atoms with Crippen LogP contribution in [0.3, 0.4) is 0 Å². The van der Waals surface area contributed by atoms with E-state index in [2.05, 4.69) is 29.5 Å². The van der Waals surface area contributed by atoms with Gasteiger partial charge in [-0.3, -0.25) is 0 Å². The van der Waals surface area contributed by atoms with Gasteiger partial charge in [-0.1, -0.05) is 13.3 Å². The maximum atomic E-state index is 4.00. The van der Waals surface area contributed by atoms with E-state index in [9.17, 15) is 0 Å². The highest BCUT2D eigenvalue weighted by Gasteiger charge is 1.92. The first kappa shape index (κ1) is 8.53. The zero-order chi connectivity index (χ0) is 8.10. The number of hydrogen-bond acceptors (Lipinski definition) is 3. The van der Waals surface area contributed by atoms with Crippen LogP contribution in [0.1, 0.15) is 25.3 Å². The summed E-state index contributed by atoms with van der Waals surface area (Å²) in [5.41, 5.74) is 1.20. The van der Waals surface area contributed by atoms with Crippen LogP contribution in [0.2, 0.25) is 0 Å². The van der Waals surface area contributed by atoms with Gasteiger partial charge in [-0.15, -0.1) is 12.6 Å². The Labute approximate surface area is 72.5 Å². The van der Waals surface area contributed by atoms with Gasteiger partial charge in [0.25, 0.3) is 0 Å². The maximum Gasteiger partial charge on any atom is 0.184 e. The maximum absolute atomic E-state index is 4.00. The summed E-state index contributed by atoms with van der Waals surface area (Å²) in [6.07, 6.45) is 7.17. The van der Waals surface area contributed by atoms with E-state index in [1.807, 2.05) is 12.4 Å². The molecule has 0 radical (unpaired) electrons. The molecule has 3 heteroatoms. The zero-order valence-corrected chi connectivity index (χ0v) is 7.51. The average Bonchev–Trinajstić information content (AvgIpc) is 2.04. The predicted molar refractivity (Wildman–Crippen MR) is 47.9 cm³/mol. The van der Waals surface area contributed by atoms with E-state index in [-0.39, 0.29) is 0 Å². The highest BCUT2D eigenvalue weighted by atomic mass is 32.1. The number of thiol groups is 1. The molecule has 0 amide bonds. The highest BCUT2D eigenvalue weighted by Crippen LogP contribution is 2.03. The van der Waals surface area contributed by atoms with Crippen molar-refractivity contribution in [2.24, 2.45) is 0 Å². The molecule has 0 aliphatic heterocycles. The van der Waals surface area contributed by atoms with Gasteiger partial charge in [0.1, 0.15) is 0 Å². The standard InChI is InChI=1S/C8H12N2S/c1-2-3-4-7-5-9-8(11)10-6-7/h5-6H,2-4H2,1H3,(H,9,10,11). The molecule has 0 saturated carbocycles. The molecule has 0 aromatic carbocycles. The number of aromatic nitrogens is 2. The first-order chi connectivity index (χ1) is 5.33. The summed E-state index contributed by atoms with van der Waals surface area (Å²) >= 11 is 4.00. The third-order valence-corrected chi connectivity index (χ3v) is 1.74. The van der Waals surface area contributed by atoms with E-state index in [0.29, 0.717) is 5.16 Å². The third kappa shape index (κ3) is 2.89. The van der Waals surface area contributed by atoms with E-state index < -0.39 is 0 Å². The van der Waals surface area contributed by atoms with Crippen molar-refractivity contribution in [3.8, 4) is 0 Å². The summed E-state index contributed by atoms with van der Waals surface area (Å²) in [6.45, 7) is 2.17. The van der Waals surface area contributed by atoms with Gasteiger partial charge >= 0.3 is 0 Å². The Balaban J connectivity index is 2.52. The molecular formula is C8H12N2S. The van der Waals surface area contributed by atoms with Gasteiger partial charge in [0, 0.05) is 12.4 Å². The minimum Gasteiger partial charge on any atom is -0.231 e. The van der Waals surface area contributed by atoms with Crippen LogP contribution >= 0.6 is 12.6 Å². The molecule has 1 aromatic heterocycles. The van der Waals surface area contributed by atoms with Crippen molar-refractivity contribution in [1.82, 2.24) is 9.97 Å².